The molecule has 16 heavy (non-hydrogen) atoms. The first-order valence-corrected chi connectivity index (χ1v) is 6.61. The Morgan fingerprint density at radius 2 is 1.88 bits per heavy atom. The van der Waals surface area contributed by atoms with E-state index >= 15 is 0 Å². The lowest BCUT2D eigenvalue weighted by Crippen LogP contribution is -2.44. The van der Waals surface area contributed by atoms with Crippen LogP contribution in [0.5, 0.6) is 0 Å². The first kappa shape index (κ1) is 10.6. The fourth-order valence-electron chi connectivity index (χ4n) is 4.68. The summed E-state index contributed by atoms with van der Waals surface area (Å²) in [5.41, 5.74) is 3.43. The Hall–Kier alpha value is -0.590. The van der Waals surface area contributed by atoms with Gasteiger partial charge in [0.15, 0.2) is 5.78 Å². The van der Waals surface area contributed by atoms with E-state index < -0.39 is 0 Å². The minimum atomic E-state index is 0.374. The predicted octanol–water partition coefficient (Wildman–Crippen LogP) is 3.74. The lowest BCUT2D eigenvalue weighted by Gasteiger charge is -2.51. The highest BCUT2D eigenvalue weighted by Crippen LogP contribution is 2.68. The van der Waals surface area contributed by atoms with Crippen LogP contribution in [0, 0.1) is 22.7 Å². The molecule has 0 aromatic heterocycles. The Morgan fingerprint density at radius 3 is 2.56 bits per heavy atom. The summed E-state index contributed by atoms with van der Waals surface area (Å²) in [6.07, 6.45) is 4.68. The number of carbonyl (C=O) groups is 1. The fraction of sp³-hybridized carbons (Fsp3) is 0.800. The molecule has 0 saturated heterocycles. The van der Waals surface area contributed by atoms with Crippen LogP contribution in [-0.4, -0.2) is 5.78 Å². The summed E-state index contributed by atoms with van der Waals surface area (Å²) in [6, 6.07) is 0. The highest BCUT2D eigenvalue weighted by Gasteiger charge is 2.61. The second-order valence-corrected chi connectivity index (χ2v) is 6.91. The summed E-state index contributed by atoms with van der Waals surface area (Å²) in [6.45, 7) is 9.35. The maximum absolute atomic E-state index is 11.9. The standard InChI is InChI=1S/C15H22O/c1-9-11-7-10-5-6-15(4,14(10,2)3)12(11)8-13(9)16/h10,12H,5-8H2,1-4H3/t10-,12?,15+/m1/s1. The van der Waals surface area contributed by atoms with E-state index in [2.05, 4.69) is 27.7 Å². The number of Topliss-reactive ketones (excluding diaryl/α,β-unsaturated/α-hetero) is 1. The van der Waals surface area contributed by atoms with Gasteiger partial charge in [0.05, 0.1) is 0 Å². The molecule has 88 valence electrons. The maximum Gasteiger partial charge on any atom is 0.159 e. The third kappa shape index (κ3) is 0.959. The van der Waals surface area contributed by atoms with Crippen LogP contribution in [0.1, 0.15) is 53.4 Å². The number of rotatable bonds is 0. The number of ketones is 1. The molecule has 3 aliphatic carbocycles. The molecule has 0 aliphatic heterocycles. The van der Waals surface area contributed by atoms with Crippen molar-refractivity contribution in [2.24, 2.45) is 22.7 Å². The minimum absolute atomic E-state index is 0.374. The van der Waals surface area contributed by atoms with Crippen molar-refractivity contribution in [1.82, 2.24) is 0 Å². The molecule has 2 saturated carbocycles. The quantitative estimate of drug-likeness (QED) is 0.605. The van der Waals surface area contributed by atoms with Gasteiger partial charge in [-0.1, -0.05) is 26.3 Å². The number of hydrogen-bond acceptors (Lipinski definition) is 1. The maximum atomic E-state index is 11.9. The van der Waals surface area contributed by atoms with Crippen LogP contribution in [0.3, 0.4) is 0 Å². The zero-order valence-corrected chi connectivity index (χ0v) is 10.9. The van der Waals surface area contributed by atoms with Crippen LogP contribution < -0.4 is 0 Å². The van der Waals surface area contributed by atoms with Gasteiger partial charge in [-0.3, -0.25) is 4.79 Å². The molecule has 2 fully saturated rings. The van der Waals surface area contributed by atoms with Crippen LogP contribution in [0.25, 0.3) is 0 Å². The summed E-state index contributed by atoms with van der Waals surface area (Å²) in [5, 5.41) is 0. The van der Waals surface area contributed by atoms with Gasteiger partial charge in [-0.2, -0.15) is 0 Å². The topological polar surface area (TPSA) is 17.1 Å². The van der Waals surface area contributed by atoms with Gasteiger partial charge in [0.2, 0.25) is 0 Å². The Bertz CT molecular complexity index is 402. The third-order valence-electron chi connectivity index (χ3n) is 6.45. The lowest BCUT2D eigenvalue weighted by molar-refractivity contribution is -0.116. The van der Waals surface area contributed by atoms with Crippen molar-refractivity contribution in [2.45, 2.75) is 53.4 Å². The predicted molar refractivity (Wildman–Crippen MR) is 65.0 cm³/mol. The number of allylic oxidation sites excluding steroid dienone is 2. The van der Waals surface area contributed by atoms with Gasteiger partial charge in [-0.25, -0.2) is 0 Å². The minimum Gasteiger partial charge on any atom is -0.295 e. The summed E-state index contributed by atoms with van der Waals surface area (Å²) < 4.78 is 0. The van der Waals surface area contributed by atoms with Gasteiger partial charge in [0.1, 0.15) is 0 Å². The fourth-order valence-corrected chi connectivity index (χ4v) is 4.68. The highest BCUT2D eigenvalue weighted by molar-refractivity contribution is 5.98. The van der Waals surface area contributed by atoms with Crippen molar-refractivity contribution in [3.8, 4) is 0 Å². The molecule has 2 bridgehead atoms. The van der Waals surface area contributed by atoms with Crippen molar-refractivity contribution in [3.63, 3.8) is 0 Å². The Kier molecular flexibility index (Phi) is 1.85. The van der Waals surface area contributed by atoms with Gasteiger partial charge in [-0.15, -0.1) is 0 Å². The van der Waals surface area contributed by atoms with Crippen molar-refractivity contribution in [1.29, 1.82) is 0 Å². The van der Waals surface area contributed by atoms with E-state index in [0.717, 1.165) is 17.9 Å². The molecule has 3 atom stereocenters. The summed E-state index contributed by atoms with van der Waals surface area (Å²) in [5.74, 6) is 1.79. The van der Waals surface area contributed by atoms with Crippen molar-refractivity contribution >= 4 is 5.78 Å². The monoisotopic (exact) mass is 218 g/mol. The third-order valence-corrected chi connectivity index (χ3v) is 6.45. The smallest absolute Gasteiger partial charge is 0.159 e. The van der Waals surface area contributed by atoms with E-state index in [4.69, 9.17) is 0 Å². The normalized spacial score (nSPS) is 45.1. The van der Waals surface area contributed by atoms with Gasteiger partial charge in [0.25, 0.3) is 0 Å². The van der Waals surface area contributed by atoms with Gasteiger partial charge >= 0.3 is 0 Å². The molecule has 1 nitrogen and oxygen atoms in total. The lowest BCUT2D eigenvalue weighted by atomic mass is 9.53. The van der Waals surface area contributed by atoms with E-state index in [1.165, 1.54) is 24.8 Å². The van der Waals surface area contributed by atoms with Crippen LogP contribution in [0.15, 0.2) is 11.1 Å². The Labute approximate surface area is 98.3 Å². The average molecular weight is 218 g/mol. The molecule has 0 N–H and O–H groups in total. The molecule has 0 aromatic rings. The SMILES string of the molecule is CC1=C2C[C@H]3CC[C@@](C)(C2CC1=O)C3(C)C. The summed E-state index contributed by atoms with van der Waals surface area (Å²) in [4.78, 5) is 11.9. The molecule has 0 heterocycles. The molecular formula is C15H22O. The largest absolute Gasteiger partial charge is 0.295 e. The van der Waals surface area contributed by atoms with Gasteiger partial charge in [0, 0.05) is 6.42 Å². The molecule has 3 rings (SSSR count). The number of fused-ring (bicyclic) bond motifs is 4. The molecular weight excluding hydrogens is 196 g/mol. The second-order valence-electron chi connectivity index (χ2n) is 6.91. The van der Waals surface area contributed by atoms with E-state index in [1.807, 2.05) is 0 Å². The van der Waals surface area contributed by atoms with Crippen molar-refractivity contribution in [2.75, 3.05) is 0 Å². The van der Waals surface area contributed by atoms with E-state index in [1.54, 1.807) is 0 Å². The highest BCUT2D eigenvalue weighted by atomic mass is 16.1. The van der Waals surface area contributed by atoms with Crippen LogP contribution >= 0.6 is 0 Å². The molecule has 3 aliphatic rings. The second kappa shape index (κ2) is 2.80. The van der Waals surface area contributed by atoms with Crippen LogP contribution in [-0.2, 0) is 4.79 Å². The van der Waals surface area contributed by atoms with Crippen molar-refractivity contribution in [3.05, 3.63) is 11.1 Å². The zero-order valence-electron chi connectivity index (χ0n) is 10.9. The van der Waals surface area contributed by atoms with Gasteiger partial charge in [-0.05, 0) is 54.4 Å². The summed E-state index contributed by atoms with van der Waals surface area (Å²) >= 11 is 0. The van der Waals surface area contributed by atoms with E-state index in [9.17, 15) is 4.79 Å². The molecule has 0 radical (unpaired) electrons. The number of carbonyl (C=O) groups excluding carboxylic acids is 1. The average Bonchev–Trinajstić information content (AvgIpc) is 2.54. The first-order chi connectivity index (χ1) is 7.38. The number of hydrogen-bond donors (Lipinski definition) is 0. The van der Waals surface area contributed by atoms with Gasteiger partial charge < -0.3 is 0 Å². The van der Waals surface area contributed by atoms with Crippen LogP contribution in [0.2, 0.25) is 0 Å². The molecule has 1 heteroatoms. The van der Waals surface area contributed by atoms with Crippen molar-refractivity contribution < 1.29 is 4.79 Å². The Balaban J connectivity index is 2.13. The van der Waals surface area contributed by atoms with E-state index in [-0.39, 0.29) is 0 Å². The van der Waals surface area contributed by atoms with Crippen LogP contribution in [0.4, 0.5) is 0 Å². The van der Waals surface area contributed by atoms with E-state index in [0.29, 0.717) is 22.5 Å². The first-order valence-electron chi connectivity index (χ1n) is 6.61. The summed E-state index contributed by atoms with van der Waals surface area (Å²) in [7, 11) is 0. The molecule has 0 spiro atoms. The molecule has 0 amide bonds. The Morgan fingerprint density at radius 1 is 1.19 bits per heavy atom. The molecule has 0 aromatic carbocycles. The zero-order chi connectivity index (χ0) is 11.7. The molecule has 1 unspecified atom stereocenters.